The molecule has 0 radical (unpaired) electrons. The number of anilines is 3. The number of fused-ring (bicyclic) bond motifs is 2. The molecule has 2 saturated heterocycles. The fourth-order valence-corrected chi connectivity index (χ4v) is 5.70. The van der Waals surface area contributed by atoms with Crippen LogP contribution in [-0.4, -0.2) is 71.3 Å². The summed E-state index contributed by atoms with van der Waals surface area (Å²) in [4.78, 5) is 29.1. The largest absolute Gasteiger partial charge is 0.486 e. The summed E-state index contributed by atoms with van der Waals surface area (Å²) in [5.41, 5.74) is 3.08. The zero-order valence-electron chi connectivity index (χ0n) is 20.6. The molecule has 3 aliphatic heterocycles. The van der Waals surface area contributed by atoms with Crippen molar-refractivity contribution in [2.75, 3.05) is 54.5 Å². The lowest BCUT2D eigenvalue weighted by Gasteiger charge is -2.37. The number of ether oxygens (including phenoxy) is 2. The molecule has 0 unspecified atom stereocenters. The van der Waals surface area contributed by atoms with Crippen molar-refractivity contribution in [1.29, 1.82) is 0 Å². The average molecular weight is 484 g/mol. The first-order valence-corrected chi connectivity index (χ1v) is 13.0. The summed E-state index contributed by atoms with van der Waals surface area (Å²) in [6.07, 6.45) is 1.09. The van der Waals surface area contributed by atoms with Gasteiger partial charge in [0.25, 0.3) is 0 Å². The zero-order valence-corrected chi connectivity index (χ0v) is 21.4. The van der Waals surface area contributed by atoms with E-state index in [1.165, 1.54) is 5.56 Å². The van der Waals surface area contributed by atoms with Gasteiger partial charge >= 0.3 is 6.09 Å². The summed E-state index contributed by atoms with van der Waals surface area (Å²) in [5.74, 6) is 4.61. The number of rotatable bonds is 2. The number of likely N-dealkylation sites (tertiary alicyclic amines) is 1. The van der Waals surface area contributed by atoms with Crippen LogP contribution < -0.4 is 14.5 Å². The molecule has 0 bridgehead atoms. The molecule has 1 aromatic heterocycles. The molecule has 2 fully saturated rings. The molecule has 0 saturated carbocycles. The van der Waals surface area contributed by atoms with Crippen LogP contribution in [0, 0.1) is 6.92 Å². The van der Waals surface area contributed by atoms with Crippen molar-refractivity contribution in [2.45, 2.75) is 45.8 Å². The molecule has 34 heavy (non-hydrogen) atoms. The van der Waals surface area contributed by atoms with Crippen molar-refractivity contribution in [3.63, 3.8) is 0 Å². The van der Waals surface area contributed by atoms with E-state index in [1.54, 1.807) is 11.2 Å². The van der Waals surface area contributed by atoms with Crippen LogP contribution in [0.15, 0.2) is 18.5 Å². The fourth-order valence-electron chi connectivity index (χ4n) is 4.80. The molecule has 0 atom stereocenters. The highest BCUT2D eigenvalue weighted by Gasteiger charge is 2.36. The summed E-state index contributed by atoms with van der Waals surface area (Å²) >= 11 is 1.95. The van der Waals surface area contributed by atoms with Crippen LogP contribution in [0.25, 0.3) is 0 Å². The van der Waals surface area contributed by atoms with Gasteiger partial charge in [-0.3, -0.25) is 0 Å². The number of hydrogen-bond donors (Lipinski definition) is 0. The Bertz CT molecular complexity index is 1090. The van der Waals surface area contributed by atoms with E-state index in [2.05, 4.69) is 38.9 Å². The standard InChI is InChI=1S/C25H33N5O3S/c1-16-10-17(18-12-28(5)13-18)11-20-21(16)32-14-19-22(29-6-8-34-9-7-29)26-15-27-23(19)30(20)24(31)33-25(2,3)4/h10-11,15,18H,6-9,12-14H2,1-5H3. The van der Waals surface area contributed by atoms with E-state index in [0.29, 0.717) is 29.8 Å². The van der Waals surface area contributed by atoms with Crippen molar-refractivity contribution < 1.29 is 14.3 Å². The van der Waals surface area contributed by atoms with Gasteiger partial charge in [-0.2, -0.15) is 11.8 Å². The Morgan fingerprint density at radius 3 is 2.53 bits per heavy atom. The number of thioether (sulfide) groups is 1. The first kappa shape index (κ1) is 23.2. The molecule has 9 heteroatoms. The lowest BCUT2D eigenvalue weighted by molar-refractivity contribution is 0.0598. The molecule has 0 aliphatic carbocycles. The Labute approximate surface area is 205 Å². The molecular weight excluding hydrogens is 450 g/mol. The highest BCUT2D eigenvalue weighted by Crippen LogP contribution is 2.45. The third kappa shape index (κ3) is 4.43. The van der Waals surface area contributed by atoms with E-state index in [1.807, 2.05) is 39.5 Å². The fraction of sp³-hybridized carbons (Fsp3) is 0.560. The topological polar surface area (TPSA) is 71.0 Å². The monoisotopic (exact) mass is 483 g/mol. The van der Waals surface area contributed by atoms with Crippen molar-refractivity contribution in [1.82, 2.24) is 14.9 Å². The number of aryl methyl sites for hydroxylation is 1. The Balaban J connectivity index is 1.64. The Morgan fingerprint density at radius 2 is 1.85 bits per heavy atom. The van der Waals surface area contributed by atoms with Crippen LogP contribution in [0.3, 0.4) is 0 Å². The molecule has 8 nitrogen and oxygen atoms in total. The SMILES string of the molecule is Cc1cc(C2CN(C)C2)cc2c1OCc1c(N3CCSCC3)ncnc1N2C(=O)OC(C)(C)C. The number of hydrogen-bond acceptors (Lipinski definition) is 8. The van der Waals surface area contributed by atoms with E-state index < -0.39 is 11.7 Å². The van der Waals surface area contributed by atoms with Crippen LogP contribution in [-0.2, 0) is 11.3 Å². The molecule has 0 N–H and O–H groups in total. The first-order chi connectivity index (χ1) is 16.2. The number of carbonyl (C=O) groups is 1. The van der Waals surface area contributed by atoms with Crippen LogP contribution in [0.2, 0.25) is 0 Å². The predicted molar refractivity (Wildman–Crippen MR) is 136 cm³/mol. The van der Waals surface area contributed by atoms with Gasteiger partial charge in [-0.15, -0.1) is 0 Å². The smallest absolute Gasteiger partial charge is 0.420 e. The molecule has 0 spiro atoms. The van der Waals surface area contributed by atoms with Crippen LogP contribution in [0.4, 0.5) is 22.1 Å². The Kier molecular flexibility index (Phi) is 6.10. The van der Waals surface area contributed by atoms with E-state index in [4.69, 9.17) is 9.47 Å². The molecule has 1 aromatic carbocycles. The highest BCUT2D eigenvalue weighted by molar-refractivity contribution is 7.99. The summed E-state index contributed by atoms with van der Waals surface area (Å²) in [6.45, 7) is 11.8. The summed E-state index contributed by atoms with van der Waals surface area (Å²) < 4.78 is 12.3. The molecule has 2 aromatic rings. The quantitative estimate of drug-likeness (QED) is 0.625. The molecular formula is C25H33N5O3S. The van der Waals surface area contributed by atoms with Gasteiger partial charge < -0.3 is 19.3 Å². The van der Waals surface area contributed by atoms with Gasteiger partial charge in [-0.25, -0.2) is 19.7 Å². The van der Waals surface area contributed by atoms with Gasteiger partial charge in [-0.05, 0) is 51.9 Å². The van der Waals surface area contributed by atoms with Crippen LogP contribution in [0.1, 0.15) is 43.4 Å². The second-order valence-corrected chi connectivity index (χ2v) is 11.5. The number of amides is 1. The second-order valence-electron chi connectivity index (χ2n) is 10.3. The minimum absolute atomic E-state index is 0.299. The second kappa shape index (κ2) is 8.92. The van der Waals surface area contributed by atoms with E-state index >= 15 is 0 Å². The molecule has 1 amide bonds. The maximum absolute atomic E-state index is 13.7. The normalized spacial score (nSPS) is 19.0. The average Bonchev–Trinajstić information content (AvgIpc) is 2.93. The number of aromatic nitrogens is 2. The summed E-state index contributed by atoms with van der Waals surface area (Å²) in [6, 6.07) is 4.27. The van der Waals surface area contributed by atoms with Crippen LogP contribution in [0.5, 0.6) is 5.75 Å². The van der Waals surface area contributed by atoms with Crippen molar-refractivity contribution >= 4 is 35.2 Å². The lowest BCUT2D eigenvalue weighted by Crippen LogP contribution is -2.41. The third-order valence-electron chi connectivity index (χ3n) is 6.41. The van der Waals surface area contributed by atoms with E-state index in [-0.39, 0.29) is 0 Å². The Morgan fingerprint density at radius 1 is 1.15 bits per heavy atom. The predicted octanol–water partition coefficient (Wildman–Crippen LogP) is 4.33. The minimum Gasteiger partial charge on any atom is -0.486 e. The Hall–Kier alpha value is -2.52. The highest BCUT2D eigenvalue weighted by atomic mass is 32.2. The zero-order chi connectivity index (χ0) is 24.0. The number of carbonyl (C=O) groups excluding carboxylic acids is 1. The van der Waals surface area contributed by atoms with E-state index in [9.17, 15) is 4.79 Å². The van der Waals surface area contributed by atoms with Crippen molar-refractivity contribution in [3.05, 3.63) is 35.2 Å². The van der Waals surface area contributed by atoms with Gasteiger partial charge in [-0.1, -0.05) is 6.07 Å². The number of nitrogens with zero attached hydrogens (tertiary/aromatic N) is 5. The van der Waals surface area contributed by atoms with Gasteiger partial charge in [0.1, 0.15) is 30.1 Å². The summed E-state index contributed by atoms with van der Waals surface area (Å²) in [7, 11) is 2.12. The molecule has 4 heterocycles. The minimum atomic E-state index is -0.645. The van der Waals surface area contributed by atoms with Crippen LogP contribution >= 0.6 is 11.8 Å². The maximum Gasteiger partial charge on any atom is 0.420 e. The van der Waals surface area contributed by atoms with Crippen molar-refractivity contribution in [2.24, 2.45) is 0 Å². The number of likely N-dealkylation sites (N-methyl/N-ethyl adjacent to an activating group) is 1. The van der Waals surface area contributed by atoms with Gasteiger partial charge in [0.2, 0.25) is 0 Å². The van der Waals surface area contributed by atoms with E-state index in [0.717, 1.165) is 54.6 Å². The molecule has 5 rings (SSSR count). The molecule has 3 aliphatic rings. The molecule has 182 valence electrons. The summed E-state index contributed by atoms with van der Waals surface area (Å²) in [5, 5.41) is 0. The number of benzene rings is 1. The van der Waals surface area contributed by atoms with Gasteiger partial charge in [0, 0.05) is 43.6 Å². The van der Waals surface area contributed by atoms with Gasteiger partial charge in [0.05, 0.1) is 11.3 Å². The lowest BCUT2D eigenvalue weighted by atomic mass is 9.90. The maximum atomic E-state index is 13.7. The van der Waals surface area contributed by atoms with Crippen molar-refractivity contribution in [3.8, 4) is 5.75 Å². The first-order valence-electron chi connectivity index (χ1n) is 11.9. The third-order valence-corrected chi connectivity index (χ3v) is 7.36. The van der Waals surface area contributed by atoms with Gasteiger partial charge in [0.15, 0.2) is 5.82 Å².